The smallest absolute Gasteiger partial charge is 0.282 e. The van der Waals surface area contributed by atoms with E-state index in [1.165, 1.54) is 0 Å². The molecule has 1 N–H and O–H groups in total. The van der Waals surface area contributed by atoms with E-state index >= 15 is 0 Å². The Balaban J connectivity index is 3.90. The van der Waals surface area contributed by atoms with Crippen LogP contribution in [0, 0.1) is 23.3 Å². The zero-order valence-corrected chi connectivity index (χ0v) is 8.34. The van der Waals surface area contributed by atoms with Crippen LogP contribution >= 0.6 is 0 Å². The lowest BCUT2D eigenvalue weighted by Gasteiger charge is -2.06. The van der Waals surface area contributed by atoms with Gasteiger partial charge in [0.1, 0.15) is 5.69 Å². The zero-order chi connectivity index (χ0) is 13.4. The van der Waals surface area contributed by atoms with Gasteiger partial charge < -0.3 is 0 Å². The number of hydrogen-bond acceptors (Lipinski definition) is 3. The molecule has 0 atom stereocenters. The number of rotatable bonds is 2. The summed E-state index contributed by atoms with van der Waals surface area (Å²) in [6.45, 7) is 0. The number of halogens is 4. The van der Waals surface area contributed by atoms with Crippen molar-refractivity contribution in [1.29, 1.82) is 0 Å². The minimum atomic E-state index is -5.51. The molecule has 17 heavy (non-hydrogen) atoms. The van der Waals surface area contributed by atoms with Crippen molar-refractivity contribution in [3.05, 3.63) is 33.7 Å². The lowest BCUT2D eigenvalue weighted by molar-refractivity contribution is 0.406. The Morgan fingerprint density at radius 1 is 1.06 bits per heavy atom. The van der Waals surface area contributed by atoms with Gasteiger partial charge in [-0.1, -0.05) is 5.11 Å². The summed E-state index contributed by atoms with van der Waals surface area (Å²) < 4.78 is 81.4. The molecule has 0 aliphatic carbocycles. The van der Waals surface area contributed by atoms with Gasteiger partial charge in [0.15, 0.2) is 28.2 Å². The predicted molar refractivity (Wildman–Crippen MR) is 44.9 cm³/mol. The molecule has 0 aliphatic heterocycles. The number of azide groups is 1. The van der Waals surface area contributed by atoms with Crippen LogP contribution in [0.5, 0.6) is 0 Å². The molecule has 1 aromatic carbocycles. The van der Waals surface area contributed by atoms with Gasteiger partial charge in [0.2, 0.25) is 0 Å². The van der Waals surface area contributed by atoms with Crippen molar-refractivity contribution in [3.63, 3.8) is 0 Å². The molecule has 0 fully saturated rings. The molecule has 0 bridgehead atoms. The summed E-state index contributed by atoms with van der Waals surface area (Å²) in [7, 11) is -5.51. The van der Waals surface area contributed by atoms with Crippen molar-refractivity contribution < 1.29 is 30.5 Å². The third kappa shape index (κ3) is 2.16. The summed E-state index contributed by atoms with van der Waals surface area (Å²) in [6, 6.07) is 0. The molecule has 0 saturated heterocycles. The van der Waals surface area contributed by atoms with E-state index in [1.807, 2.05) is 4.91 Å². The van der Waals surface area contributed by atoms with E-state index in [0.29, 0.717) is 0 Å². The van der Waals surface area contributed by atoms with Crippen LogP contribution in [0.2, 0.25) is 0 Å². The second-order valence-corrected chi connectivity index (χ2v) is 3.96. The van der Waals surface area contributed by atoms with Crippen molar-refractivity contribution in [2.45, 2.75) is 4.90 Å². The lowest BCUT2D eigenvalue weighted by Crippen LogP contribution is -2.09. The minimum Gasteiger partial charge on any atom is -0.282 e. The highest BCUT2D eigenvalue weighted by atomic mass is 32.2. The van der Waals surface area contributed by atoms with Gasteiger partial charge in [-0.2, -0.15) is 8.42 Å². The molecule has 0 radical (unpaired) electrons. The van der Waals surface area contributed by atoms with Gasteiger partial charge in [0.25, 0.3) is 0 Å². The van der Waals surface area contributed by atoms with E-state index in [1.54, 1.807) is 0 Å². The van der Waals surface area contributed by atoms with Gasteiger partial charge in [0, 0.05) is 4.91 Å². The van der Waals surface area contributed by atoms with Crippen LogP contribution in [-0.2, 0) is 10.1 Å². The molecule has 0 unspecified atom stereocenters. The fourth-order valence-corrected chi connectivity index (χ4v) is 1.59. The highest BCUT2D eigenvalue weighted by Gasteiger charge is 2.31. The third-order valence-corrected chi connectivity index (χ3v) is 2.48. The number of hydrogen-bond donors (Lipinski definition) is 1. The Morgan fingerprint density at radius 3 is 1.76 bits per heavy atom. The van der Waals surface area contributed by atoms with Crippen LogP contribution in [-0.4, -0.2) is 13.0 Å². The Bertz CT molecular complexity index is 609. The summed E-state index contributed by atoms with van der Waals surface area (Å²) in [4.78, 5) is -0.289. The van der Waals surface area contributed by atoms with Crippen LogP contribution in [0.1, 0.15) is 0 Å². The molecule has 11 heteroatoms. The van der Waals surface area contributed by atoms with Crippen molar-refractivity contribution >= 4 is 15.8 Å². The maximum Gasteiger partial charge on any atom is 0.300 e. The SMILES string of the molecule is [N-]=[N+]=Nc1c(F)c(F)c(S(=O)(=O)O)c(F)c1F. The fraction of sp³-hybridized carbons (Fsp3) is 0. The molecule has 0 amide bonds. The quantitative estimate of drug-likeness (QED) is 0.223. The number of nitrogens with zero attached hydrogens (tertiary/aromatic N) is 3. The average Bonchev–Trinajstić information content (AvgIpc) is 2.20. The molecular weight excluding hydrogens is 270 g/mol. The maximum atomic E-state index is 13.0. The minimum absolute atomic E-state index is 1.67. The first-order chi connectivity index (χ1) is 7.71. The first-order valence-corrected chi connectivity index (χ1v) is 5.04. The molecular formula is C6HF4N3O3S. The van der Waals surface area contributed by atoms with Crippen molar-refractivity contribution in [2.24, 2.45) is 5.11 Å². The van der Waals surface area contributed by atoms with Crippen LogP contribution in [0.25, 0.3) is 10.4 Å². The first kappa shape index (κ1) is 13.2. The van der Waals surface area contributed by atoms with Crippen LogP contribution in [0.15, 0.2) is 10.0 Å². The Labute approximate surface area is 90.9 Å². The van der Waals surface area contributed by atoms with Gasteiger partial charge >= 0.3 is 10.1 Å². The monoisotopic (exact) mass is 271 g/mol. The highest BCUT2D eigenvalue weighted by Crippen LogP contribution is 2.32. The molecule has 6 nitrogen and oxygen atoms in total. The molecule has 0 aromatic heterocycles. The second kappa shape index (κ2) is 4.20. The van der Waals surface area contributed by atoms with Gasteiger partial charge in [-0.15, -0.1) is 0 Å². The molecule has 92 valence electrons. The largest absolute Gasteiger partial charge is 0.300 e. The van der Waals surface area contributed by atoms with Crippen LogP contribution in [0.3, 0.4) is 0 Å². The predicted octanol–water partition coefficient (Wildman–Crippen LogP) is 2.43. The summed E-state index contributed by atoms with van der Waals surface area (Å²) in [6.07, 6.45) is 0. The summed E-state index contributed by atoms with van der Waals surface area (Å²) in [5, 5.41) is 2.32. The Hall–Kier alpha value is -1.84. The van der Waals surface area contributed by atoms with E-state index in [0.717, 1.165) is 0 Å². The molecule has 0 aliphatic rings. The van der Waals surface area contributed by atoms with E-state index in [2.05, 4.69) is 5.11 Å². The number of benzene rings is 1. The van der Waals surface area contributed by atoms with Gasteiger partial charge in [-0.25, -0.2) is 17.6 Å². The lowest BCUT2D eigenvalue weighted by atomic mass is 10.2. The van der Waals surface area contributed by atoms with E-state index in [9.17, 15) is 26.0 Å². The van der Waals surface area contributed by atoms with E-state index in [-0.39, 0.29) is 0 Å². The zero-order valence-electron chi connectivity index (χ0n) is 7.53. The summed E-state index contributed by atoms with van der Waals surface area (Å²) >= 11 is 0. The average molecular weight is 271 g/mol. The van der Waals surface area contributed by atoms with Crippen LogP contribution < -0.4 is 0 Å². The van der Waals surface area contributed by atoms with E-state index in [4.69, 9.17) is 10.1 Å². The fourth-order valence-electron chi connectivity index (χ4n) is 0.959. The van der Waals surface area contributed by atoms with E-state index < -0.39 is 44.0 Å². The normalized spacial score (nSPS) is 11.1. The van der Waals surface area contributed by atoms with Gasteiger partial charge in [-0.05, 0) is 5.53 Å². The topological polar surface area (TPSA) is 103 Å². The molecule has 0 heterocycles. The molecule has 1 rings (SSSR count). The second-order valence-electron chi connectivity index (χ2n) is 2.60. The summed E-state index contributed by atoms with van der Waals surface area (Å²) in [5.41, 5.74) is 6.22. The van der Waals surface area contributed by atoms with Crippen molar-refractivity contribution in [2.75, 3.05) is 0 Å². The van der Waals surface area contributed by atoms with Gasteiger partial charge in [0.05, 0.1) is 0 Å². The van der Waals surface area contributed by atoms with Gasteiger partial charge in [-0.3, -0.25) is 4.55 Å². The molecule has 0 spiro atoms. The van der Waals surface area contributed by atoms with Crippen molar-refractivity contribution in [3.8, 4) is 0 Å². The molecule has 0 saturated carbocycles. The van der Waals surface area contributed by atoms with Crippen LogP contribution in [0.4, 0.5) is 23.2 Å². The summed E-state index contributed by atoms with van der Waals surface area (Å²) in [5.74, 6) is -9.22. The maximum absolute atomic E-state index is 13.0. The molecule has 1 aromatic rings. The Morgan fingerprint density at radius 2 is 1.47 bits per heavy atom. The van der Waals surface area contributed by atoms with Crippen molar-refractivity contribution in [1.82, 2.24) is 0 Å². The third-order valence-electron chi connectivity index (χ3n) is 1.60. The Kier molecular flexibility index (Phi) is 3.27. The standard InChI is InChI=1S/C6HF4N3O3S/c7-1-3(9)6(17(14,15)16)4(10)2(8)5(1)12-13-11/h(H,14,15,16). The highest BCUT2D eigenvalue weighted by molar-refractivity contribution is 7.85. The first-order valence-electron chi connectivity index (χ1n) is 3.60.